The summed E-state index contributed by atoms with van der Waals surface area (Å²) in [7, 11) is 0. The fourth-order valence-corrected chi connectivity index (χ4v) is 7.15. The van der Waals surface area contributed by atoms with E-state index in [9.17, 15) is 0 Å². The van der Waals surface area contributed by atoms with Crippen LogP contribution in [0.15, 0.2) is 187 Å². The number of hydrogen-bond donors (Lipinski definition) is 0. The highest BCUT2D eigenvalue weighted by Crippen LogP contribution is 2.40. The lowest BCUT2D eigenvalue weighted by Crippen LogP contribution is -1.97. The number of aromatic nitrogens is 3. The first-order valence-electron chi connectivity index (χ1n) is 17.6. The molecule has 0 amide bonds. The minimum Gasteiger partial charge on any atom is -0.298 e. The zero-order valence-corrected chi connectivity index (χ0v) is 28.7. The van der Waals surface area contributed by atoms with E-state index < -0.39 is 0 Å². The summed E-state index contributed by atoms with van der Waals surface area (Å²) in [5.41, 5.74) is 13.0. The quantitative estimate of drug-likeness (QED) is 0.0965. The van der Waals surface area contributed by atoms with Crippen LogP contribution in [0.25, 0.3) is 66.5 Å². The van der Waals surface area contributed by atoms with Crippen molar-refractivity contribution >= 4 is 61.4 Å². The van der Waals surface area contributed by atoms with Gasteiger partial charge in [-0.2, -0.15) is 0 Å². The lowest BCUT2D eigenvalue weighted by molar-refractivity contribution is 1.22. The number of pyridine rings is 2. The van der Waals surface area contributed by atoms with Crippen LogP contribution in [0.2, 0.25) is 0 Å². The molecule has 0 aliphatic heterocycles. The van der Waals surface area contributed by atoms with E-state index in [0.29, 0.717) is 0 Å². The van der Waals surface area contributed by atoms with Gasteiger partial charge >= 0.3 is 0 Å². The number of nitrogens with zero attached hydrogens (tertiary/aromatic N) is 4. The van der Waals surface area contributed by atoms with Gasteiger partial charge < -0.3 is 0 Å². The average molecular weight is 667 g/mol. The minimum atomic E-state index is 0.895. The van der Waals surface area contributed by atoms with Gasteiger partial charge in [0.15, 0.2) is 0 Å². The van der Waals surface area contributed by atoms with Crippen LogP contribution in [-0.4, -0.2) is 20.6 Å². The number of fused-ring (bicyclic) bond motifs is 6. The highest BCUT2D eigenvalue weighted by Gasteiger charge is 2.20. The van der Waals surface area contributed by atoms with Crippen molar-refractivity contribution in [1.29, 1.82) is 0 Å². The molecule has 0 unspecified atom stereocenters. The van der Waals surface area contributed by atoms with Crippen molar-refractivity contribution in [3.8, 4) is 11.3 Å². The number of hydrogen-bond acceptors (Lipinski definition) is 3. The van der Waals surface area contributed by atoms with Crippen molar-refractivity contribution in [3.05, 3.63) is 204 Å². The van der Waals surface area contributed by atoms with Crippen molar-refractivity contribution in [3.63, 3.8) is 0 Å². The van der Waals surface area contributed by atoms with Crippen molar-refractivity contribution < 1.29 is 0 Å². The van der Waals surface area contributed by atoms with Gasteiger partial charge in [-0.05, 0) is 64.2 Å². The fourth-order valence-electron chi connectivity index (χ4n) is 7.15. The number of allylic oxidation sites excluding steroid dienone is 3. The molecule has 0 radical (unpaired) electrons. The monoisotopic (exact) mass is 666 g/mol. The third kappa shape index (κ3) is 5.66. The third-order valence-corrected chi connectivity index (χ3v) is 9.64. The molecule has 246 valence electrons. The van der Waals surface area contributed by atoms with Gasteiger partial charge in [-0.3, -0.25) is 9.39 Å². The van der Waals surface area contributed by atoms with E-state index in [-0.39, 0.29) is 0 Å². The van der Waals surface area contributed by atoms with Crippen LogP contribution in [0.4, 0.5) is 0 Å². The Kier molecular flexibility index (Phi) is 8.03. The molecule has 0 saturated heterocycles. The summed E-state index contributed by atoms with van der Waals surface area (Å²) in [6, 6.07) is 59.1. The van der Waals surface area contributed by atoms with Crippen LogP contribution in [0, 0.1) is 0 Å². The van der Waals surface area contributed by atoms with Crippen LogP contribution in [0.1, 0.15) is 29.2 Å². The number of para-hydroxylation sites is 1. The second-order valence-electron chi connectivity index (χ2n) is 12.8. The normalized spacial score (nSPS) is 12.7. The second kappa shape index (κ2) is 13.4. The Balaban J connectivity index is 1.26. The molecule has 9 aromatic rings. The molecule has 0 fully saturated rings. The summed E-state index contributed by atoms with van der Waals surface area (Å²) in [4.78, 5) is 15.6. The molecule has 52 heavy (non-hydrogen) atoms. The topological polar surface area (TPSA) is 42.5 Å². The predicted octanol–water partition coefficient (Wildman–Crippen LogP) is 11.9. The largest absolute Gasteiger partial charge is 0.298 e. The molecule has 4 heteroatoms. The Bertz CT molecular complexity index is 2830. The minimum absolute atomic E-state index is 0.895. The highest BCUT2D eigenvalue weighted by atomic mass is 15.0. The van der Waals surface area contributed by atoms with Gasteiger partial charge in [-0.25, -0.2) is 9.97 Å². The van der Waals surface area contributed by atoms with Crippen molar-refractivity contribution in [2.24, 2.45) is 4.99 Å². The summed E-state index contributed by atoms with van der Waals surface area (Å²) < 4.78 is 2.14. The molecule has 0 saturated carbocycles. The maximum absolute atomic E-state index is 5.31. The van der Waals surface area contributed by atoms with E-state index in [1.807, 2.05) is 42.6 Å². The first-order valence-corrected chi connectivity index (χ1v) is 17.6. The number of benzene rings is 6. The molecule has 9 rings (SSSR count). The molecule has 0 bridgehead atoms. The molecule has 3 heterocycles. The van der Waals surface area contributed by atoms with E-state index in [2.05, 4.69) is 157 Å². The summed E-state index contributed by atoms with van der Waals surface area (Å²) in [5.74, 6) is 0. The highest BCUT2D eigenvalue weighted by molar-refractivity contribution is 6.16. The van der Waals surface area contributed by atoms with E-state index in [4.69, 9.17) is 15.0 Å². The maximum Gasteiger partial charge on any atom is 0.137 e. The molecule has 0 N–H and O–H groups in total. The van der Waals surface area contributed by atoms with Crippen LogP contribution in [0.3, 0.4) is 0 Å². The molecule has 4 nitrogen and oxygen atoms in total. The second-order valence-corrected chi connectivity index (χ2v) is 12.8. The zero-order chi connectivity index (χ0) is 34.9. The number of imidazole rings is 1. The summed E-state index contributed by atoms with van der Waals surface area (Å²) in [6.07, 6.45) is 6.25. The molecule has 0 aliphatic carbocycles. The SMILES string of the molecule is C\C=C(/C(=C(\N=C\c1ccc2ccccc2c1)c1ccccc1)c1ccc(-c2nc3ccccc3c3nc4ccccn4c23)cc1)c1ccccc1. The molecular weight excluding hydrogens is 633 g/mol. The number of rotatable bonds is 7. The maximum atomic E-state index is 5.31. The lowest BCUT2D eigenvalue weighted by atomic mass is 9.88. The van der Waals surface area contributed by atoms with Crippen LogP contribution >= 0.6 is 0 Å². The van der Waals surface area contributed by atoms with Gasteiger partial charge in [0.05, 0.1) is 22.4 Å². The summed E-state index contributed by atoms with van der Waals surface area (Å²) in [5, 5.41) is 3.44. The smallest absolute Gasteiger partial charge is 0.137 e. The van der Waals surface area contributed by atoms with E-state index in [0.717, 1.165) is 77.9 Å². The summed E-state index contributed by atoms with van der Waals surface area (Å²) >= 11 is 0. The van der Waals surface area contributed by atoms with Crippen molar-refractivity contribution in [2.45, 2.75) is 6.92 Å². The average Bonchev–Trinajstić information content (AvgIpc) is 3.61. The molecule has 6 aromatic carbocycles. The van der Waals surface area contributed by atoms with E-state index >= 15 is 0 Å². The van der Waals surface area contributed by atoms with Gasteiger partial charge in [0.25, 0.3) is 0 Å². The standard InChI is InChI=1S/C48H34N4/c1-2-40(35-16-5-3-6-17-35)44(45(37-18-7-4-8-19-37)49-32-33-24-25-34-15-9-10-20-39(34)31-33)36-26-28-38(29-27-36)46-48-47(41-21-11-12-22-42(41)50-46)51-43-23-13-14-30-52(43)48/h2-32H,1H3/b40-2-,45-44-,49-32+. The van der Waals surface area contributed by atoms with Gasteiger partial charge in [-0.15, -0.1) is 0 Å². The van der Waals surface area contributed by atoms with Crippen LogP contribution < -0.4 is 0 Å². The van der Waals surface area contributed by atoms with Gasteiger partial charge in [0.1, 0.15) is 11.2 Å². The summed E-state index contributed by atoms with van der Waals surface area (Å²) in [6.45, 7) is 2.10. The molecule has 0 spiro atoms. The van der Waals surface area contributed by atoms with Crippen molar-refractivity contribution in [1.82, 2.24) is 14.4 Å². The van der Waals surface area contributed by atoms with E-state index in [1.165, 1.54) is 10.8 Å². The molecule has 3 aromatic heterocycles. The molecular formula is C48H34N4. The van der Waals surface area contributed by atoms with Crippen LogP contribution in [0.5, 0.6) is 0 Å². The van der Waals surface area contributed by atoms with Gasteiger partial charge in [0, 0.05) is 34.5 Å². The van der Waals surface area contributed by atoms with Gasteiger partial charge in [0.2, 0.25) is 0 Å². The third-order valence-electron chi connectivity index (χ3n) is 9.64. The first kappa shape index (κ1) is 31.1. The Hall–Kier alpha value is -6.91. The van der Waals surface area contributed by atoms with Gasteiger partial charge in [-0.1, -0.05) is 152 Å². The van der Waals surface area contributed by atoms with Crippen LogP contribution in [-0.2, 0) is 0 Å². The molecule has 0 aliphatic rings. The fraction of sp³-hybridized carbons (Fsp3) is 0.0208. The Labute approximate surface area is 302 Å². The molecule has 0 atom stereocenters. The first-order chi connectivity index (χ1) is 25.7. The Morgan fingerprint density at radius 1 is 0.596 bits per heavy atom. The Morgan fingerprint density at radius 3 is 2.08 bits per heavy atom. The predicted molar refractivity (Wildman–Crippen MR) is 218 cm³/mol. The Morgan fingerprint density at radius 2 is 1.29 bits per heavy atom. The van der Waals surface area contributed by atoms with E-state index in [1.54, 1.807) is 0 Å². The van der Waals surface area contributed by atoms with Crippen molar-refractivity contribution in [2.75, 3.05) is 0 Å². The lowest BCUT2D eigenvalue weighted by Gasteiger charge is -2.18. The number of aliphatic imine (C=N–C) groups is 1. The zero-order valence-electron chi connectivity index (χ0n) is 28.7.